The molecule has 98 valence electrons. The van der Waals surface area contributed by atoms with E-state index in [9.17, 15) is 4.79 Å². The van der Waals surface area contributed by atoms with Crippen LogP contribution in [-0.4, -0.2) is 5.91 Å². The lowest BCUT2D eigenvalue weighted by molar-refractivity contribution is 0.102. The predicted octanol–water partition coefficient (Wildman–Crippen LogP) is 4.14. The standard InChI is InChI=1S/C14H12Cl2N2O/c1-8-4-9(6-10(15)5-8)14(19)18-13-3-2-11(17)7-12(13)16/h2-7H,17H2,1H3,(H,18,19). The summed E-state index contributed by atoms with van der Waals surface area (Å²) in [5.41, 5.74) is 8.05. The molecule has 2 aromatic rings. The molecule has 0 heterocycles. The first-order valence-corrected chi connectivity index (χ1v) is 6.35. The number of nitrogen functional groups attached to an aromatic ring is 1. The normalized spacial score (nSPS) is 10.3. The molecule has 0 saturated carbocycles. The number of halogens is 2. The molecule has 2 rings (SSSR count). The third-order valence-corrected chi connectivity index (χ3v) is 3.08. The van der Waals surface area contributed by atoms with Crippen LogP contribution in [0.2, 0.25) is 10.0 Å². The fourth-order valence-corrected chi connectivity index (χ4v) is 2.22. The smallest absolute Gasteiger partial charge is 0.255 e. The zero-order valence-electron chi connectivity index (χ0n) is 10.2. The molecule has 0 unspecified atom stereocenters. The molecule has 0 atom stereocenters. The van der Waals surface area contributed by atoms with Crippen molar-refractivity contribution in [2.45, 2.75) is 6.92 Å². The highest BCUT2D eigenvalue weighted by atomic mass is 35.5. The number of anilines is 2. The summed E-state index contributed by atoms with van der Waals surface area (Å²) in [6, 6.07) is 10.1. The average molecular weight is 295 g/mol. The summed E-state index contributed by atoms with van der Waals surface area (Å²) in [6.45, 7) is 1.87. The number of amides is 1. The maximum absolute atomic E-state index is 12.1. The van der Waals surface area contributed by atoms with Crippen molar-refractivity contribution in [2.75, 3.05) is 11.1 Å². The Kier molecular flexibility index (Phi) is 3.98. The zero-order valence-corrected chi connectivity index (χ0v) is 11.7. The van der Waals surface area contributed by atoms with Gasteiger partial charge in [-0.25, -0.2) is 0 Å². The van der Waals surface area contributed by atoms with E-state index in [1.54, 1.807) is 36.4 Å². The van der Waals surface area contributed by atoms with E-state index in [1.807, 2.05) is 6.92 Å². The van der Waals surface area contributed by atoms with Crippen LogP contribution < -0.4 is 11.1 Å². The fourth-order valence-electron chi connectivity index (χ4n) is 1.69. The first-order chi connectivity index (χ1) is 8.95. The number of rotatable bonds is 2. The first-order valence-electron chi connectivity index (χ1n) is 5.59. The Morgan fingerprint density at radius 2 is 1.89 bits per heavy atom. The number of carbonyl (C=O) groups excluding carboxylic acids is 1. The van der Waals surface area contributed by atoms with Gasteiger partial charge in [-0.3, -0.25) is 4.79 Å². The molecule has 1 amide bonds. The predicted molar refractivity (Wildman–Crippen MR) is 80.0 cm³/mol. The van der Waals surface area contributed by atoms with Crippen molar-refractivity contribution in [1.82, 2.24) is 0 Å². The second-order valence-corrected chi connectivity index (χ2v) is 5.05. The van der Waals surface area contributed by atoms with Crippen molar-refractivity contribution in [2.24, 2.45) is 0 Å². The summed E-state index contributed by atoms with van der Waals surface area (Å²) < 4.78 is 0. The van der Waals surface area contributed by atoms with Crippen LogP contribution in [-0.2, 0) is 0 Å². The Bertz CT molecular complexity index is 621. The number of hydrogen-bond donors (Lipinski definition) is 2. The van der Waals surface area contributed by atoms with E-state index in [2.05, 4.69) is 5.32 Å². The molecule has 0 aliphatic carbocycles. The van der Waals surface area contributed by atoms with Gasteiger partial charge >= 0.3 is 0 Å². The van der Waals surface area contributed by atoms with Gasteiger partial charge in [-0.05, 0) is 48.9 Å². The molecule has 2 aromatic carbocycles. The Morgan fingerprint density at radius 1 is 1.16 bits per heavy atom. The van der Waals surface area contributed by atoms with Gasteiger partial charge in [0.2, 0.25) is 0 Å². The minimum Gasteiger partial charge on any atom is -0.399 e. The van der Waals surface area contributed by atoms with E-state index < -0.39 is 0 Å². The van der Waals surface area contributed by atoms with Gasteiger partial charge in [0.05, 0.1) is 10.7 Å². The zero-order chi connectivity index (χ0) is 14.0. The molecule has 0 spiro atoms. The van der Waals surface area contributed by atoms with Crippen molar-refractivity contribution < 1.29 is 4.79 Å². The first kappa shape index (κ1) is 13.7. The van der Waals surface area contributed by atoms with Gasteiger partial charge in [0.1, 0.15) is 0 Å². The van der Waals surface area contributed by atoms with Gasteiger partial charge in [0.25, 0.3) is 5.91 Å². The lowest BCUT2D eigenvalue weighted by Crippen LogP contribution is -2.12. The highest BCUT2D eigenvalue weighted by Gasteiger charge is 2.10. The molecule has 0 aromatic heterocycles. The van der Waals surface area contributed by atoms with Gasteiger partial charge in [-0.1, -0.05) is 23.2 Å². The van der Waals surface area contributed by atoms with E-state index in [0.717, 1.165) is 5.56 Å². The van der Waals surface area contributed by atoms with Gasteiger partial charge in [-0.15, -0.1) is 0 Å². The molecular formula is C14H12Cl2N2O. The van der Waals surface area contributed by atoms with Gasteiger partial charge in [0.15, 0.2) is 0 Å². The molecule has 0 saturated heterocycles. The number of hydrogen-bond acceptors (Lipinski definition) is 2. The highest BCUT2D eigenvalue weighted by molar-refractivity contribution is 6.34. The van der Waals surface area contributed by atoms with Gasteiger partial charge < -0.3 is 11.1 Å². The third-order valence-electron chi connectivity index (χ3n) is 2.55. The molecular weight excluding hydrogens is 283 g/mol. The van der Waals surface area contributed by atoms with E-state index in [1.165, 1.54) is 0 Å². The Labute approximate surface area is 121 Å². The lowest BCUT2D eigenvalue weighted by Gasteiger charge is -2.08. The maximum Gasteiger partial charge on any atom is 0.255 e. The summed E-state index contributed by atoms with van der Waals surface area (Å²) in [5, 5.41) is 3.64. The van der Waals surface area contributed by atoms with Gasteiger partial charge in [0, 0.05) is 16.3 Å². The number of carbonyl (C=O) groups is 1. The van der Waals surface area contributed by atoms with Crippen LogP contribution >= 0.6 is 23.2 Å². The van der Waals surface area contributed by atoms with E-state index >= 15 is 0 Å². The molecule has 0 bridgehead atoms. The van der Waals surface area contributed by atoms with E-state index in [4.69, 9.17) is 28.9 Å². The van der Waals surface area contributed by atoms with Crippen molar-refractivity contribution in [1.29, 1.82) is 0 Å². The SMILES string of the molecule is Cc1cc(Cl)cc(C(=O)Nc2ccc(N)cc2Cl)c1. The van der Waals surface area contributed by atoms with Crippen LogP contribution in [0, 0.1) is 6.92 Å². The van der Waals surface area contributed by atoms with E-state index in [-0.39, 0.29) is 5.91 Å². The molecule has 5 heteroatoms. The molecule has 0 fully saturated rings. The quantitative estimate of drug-likeness (QED) is 0.818. The second-order valence-electron chi connectivity index (χ2n) is 4.21. The molecule has 0 aliphatic heterocycles. The monoisotopic (exact) mass is 294 g/mol. The maximum atomic E-state index is 12.1. The summed E-state index contributed by atoms with van der Waals surface area (Å²) in [7, 11) is 0. The number of aryl methyl sites for hydroxylation is 1. The lowest BCUT2D eigenvalue weighted by atomic mass is 10.1. The van der Waals surface area contributed by atoms with Crippen molar-refractivity contribution >= 4 is 40.5 Å². The van der Waals surface area contributed by atoms with Crippen LogP contribution in [0.3, 0.4) is 0 Å². The van der Waals surface area contributed by atoms with Gasteiger partial charge in [-0.2, -0.15) is 0 Å². The fraction of sp³-hybridized carbons (Fsp3) is 0.0714. The summed E-state index contributed by atoms with van der Waals surface area (Å²) in [5.74, 6) is -0.266. The van der Waals surface area contributed by atoms with Crippen LogP contribution in [0.1, 0.15) is 15.9 Å². The van der Waals surface area contributed by atoms with Crippen molar-refractivity contribution in [3.8, 4) is 0 Å². The third kappa shape index (κ3) is 3.40. The van der Waals surface area contributed by atoms with Crippen LogP contribution in [0.15, 0.2) is 36.4 Å². The molecule has 0 aliphatic rings. The van der Waals surface area contributed by atoms with Crippen LogP contribution in [0.4, 0.5) is 11.4 Å². The average Bonchev–Trinajstić information content (AvgIpc) is 2.31. The van der Waals surface area contributed by atoms with E-state index in [0.29, 0.717) is 27.0 Å². The summed E-state index contributed by atoms with van der Waals surface area (Å²) >= 11 is 11.9. The molecule has 3 N–H and O–H groups in total. The highest BCUT2D eigenvalue weighted by Crippen LogP contribution is 2.25. The number of nitrogens with one attached hydrogen (secondary N) is 1. The minimum atomic E-state index is -0.266. The largest absolute Gasteiger partial charge is 0.399 e. The van der Waals surface area contributed by atoms with Crippen LogP contribution in [0.5, 0.6) is 0 Å². The minimum absolute atomic E-state index is 0.266. The Morgan fingerprint density at radius 3 is 2.53 bits per heavy atom. The second kappa shape index (κ2) is 5.51. The number of benzene rings is 2. The molecule has 0 radical (unpaired) electrons. The van der Waals surface area contributed by atoms with Crippen molar-refractivity contribution in [3.05, 3.63) is 57.6 Å². The summed E-state index contributed by atoms with van der Waals surface area (Å²) in [4.78, 5) is 12.1. The summed E-state index contributed by atoms with van der Waals surface area (Å²) in [6.07, 6.45) is 0. The van der Waals surface area contributed by atoms with Crippen molar-refractivity contribution in [3.63, 3.8) is 0 Å². The number of nitrogens with two attached hydrogens (primary N) is 1. The molecule has 3 nitrogen and oxygen atoms in total. The topological polar surface area (TPSA) is 55.1 Å². The Balaban J connectivity index is 2.25. The van der Waals surface area contributed by atoms with Crippen LogP contribution in [0.25, 0.3) is 0 Å². The molecule has 19 heavy (non-hydrogen) atoms. The Hall–Kier alpha value is -1.71.